The number of nitrogens with one attached hydrogen (secondary N) is 1. The summed E-state index contributed by atoms with van der Waals surface area (Å²) in [5, 5.41) is 9.94. The standard InChI is InChI=1S/C18H28N6S2/c1-4-19-17(23(3)11-16-13-25-14(2)21-16)20-8-7-15-12-26-18(22-15)24-9-5-6-10-24/h12-13H,4-11H2,1-3H3,(H,19,20). The van der Waals surface area contributed by atoms with Crippen molar-refractivity contribution in [1.82, 2.24) is 20.2 Å². The molecule has 26 heavy (non-hydrogen) atoms. The van der Waals surface area contributed by atoms with E-state index in [0.29, 0.717) is 0 Å². The van der Waals surface area contributed by atoms with Crippen molar-refractivity contribution in [3.63, 3.8) is 0 Å². The summed E-state index contributed by atoms with van der Waals surface area (Å²) in [5.41, 5.74) is 2.24. The minimum absolute atomic E-state index is 0.742. The maximum Gasteiger partial charge on any atom is 0.194 e. The van der Waals surface area contributed by atoms with Crippen molar-refractivity contribution in [2.75, 3.05) is 38.1 Å². The molecule has 2 aromatic heterocycles. The predicted molar refractivity (Wildman–Crippen MR) is 112 cm³/mol. The van der Waals surface area contributed by atoms with Gasteiger partial charge < -0.3 is 15.1 Å². The van der Waals surface area contributed by atoms with E-state index in [2.05, 4.69) is 44.8 Å². The minimum Gasteiger partial charge on any atom is -0.357 e. The second-order valence-electron chi connectivity index (χ2n) is 6.52. The number of aryl methyl sites for hydroxylation is 1. The minimum atomic E-state index is 0.742. The fourth-order valence-electron chi connectivity index (χ4n) is 3.01. The van der Waals surface area contributed by atoms with Gasteiger partial charge in [0, 0.05) is 50.4 Å². The zero-order valence-electron chi connectivity index (χ0n) is 15.9. The van der Waals surface area contributed by atoms with Gasteiger partial charge in [-0.15, -0.1) is 22.7 Å². The van der Waals surface area contributed by atoms with Gasteiger partial charge in [0.15, 0.2) is 11.1 Å². The van der Waals surface area contributed by atoms with Crippen molar-refractivity contribution in [3.05, 3.63) is 27.2 Å². The molecule has 6 nitrogen and oxygen atoms in total. The van der Waals surface area contributed by atoms with E-state index in [9.17, 15) is 0 Å². The summed E-state index contributed by atoms with van der Waals surface area (Å²) in [6, 6.07) is 0. The van der Waals surface area contributed by atoms with Crippen LogP contribution in [0.3, 0.4) is 0 Å². The van der Waals surface area contributed by atoms with E-state index in [1.54, 1.807) is 22.7 Å². The summed E-state index contributed by atoms with van der Waals surface area (Å²) in [5.74, 6) is 0.924. The van der Waals surface area contributed by atoms with Gasteiger partial charge in [-0.2, -0.15) is 0 Å². The van der Waals surface area contributed by atoms with Crippen LogP contribution in [0.4, 0.5) is 5.13 Å². The molecule has 8 heteroatoms. The zero-order chi connectivity index (χ0) is 18.4. The van der Waals surface area contributed by atoms with E-state index in [-0.39, 0.29) is 0 Å². The van der Waals surface area contributed by atoms with Crippen LogP contribution in [-0.2, 0) is 13.0 Å². The van der Waals surface area contributed by atoms with E-state index in [1.165, 1.54) is 18.0 Å². The van der Waals surface area contributed by atoms with Crippen molar-refractivity contribution in [2.24, 2.45) is 4.99 Å². The number of thiazole rings is 2. The topological polar surface area (TPSA) is 56.7 Å². The number of anilines is 1. The lowest BCUT2D eigenvalue weighted by molar-refractivity contribution is 0.471. The van der Waals surface area contributed by atoms with Gasteiger partial charge in [0.25, 0.3) is 0 Å². The molecule has 3 rings (SSSR count). The summed E-state index contributed by atoms with van der Waals surface area (Å²) >= 11 is 3.45. The van der Waals surface area contributed by atoms with Gasteiger partial charge >= 0.3 is 0 Å². The Labute approximate surface area is 164 Å². The Balaban J connectivity index is 1.54. The van der Waals surface area contributed by atoms with E-state index in [4.69, 9.17) is 9.98 Å². The van der Waals surface area contributed by atoms with Crippen LogP contribution in [0.5, 0.6) is 0 Å². The molecule has 0 unspecified atom stereocenters. The fraction of sp³-hybridized carbons (Fsp3) is 0.611. The molecule has 0 aliphatic carbocycles. The third-order valence-corrected chi connectivity index (χ3v) is 6.08. The van der Waals surface area contributed by atoms with Crippen molar-refractivity contribution in [3.8, 4) is 0 Å². The van der Waals surface area contributed by atoms with Crippen LogP contribution in [0.1, 0.15) is 36.2 Å². The first-order valence-corrected chi connectivity index (χ1v) is 11.0. The SMILES string of the molecule is CCNC(=NCCc1csc(N2CCCC2)n1)N(C)Cc1csc(C)n1. The molecule has 0 radical (unpaired) electrons. The Morgan fingerprint density at radius 2 is 2.00 bits per heavy atom. The molecule has 0 bridgehead atoms. The molecule has 142 valence electrons. The molecule has 1 aliphatic heterocycles. The van der Waals surface area contributed by atoms with Crippen LogP contribution in [0.2, 0.25) is 0 Å². The van der Waals surface area contributed by atoms with Gasteiger partial charge in [0.05, 0.1) is 22.9 Å². The molecule has 1 saturated heterocycles. The van der Waals surface area contributed by atoms with E-state index in [0.717, 1.165) is 61.5 Å². The second-order valence-corrected chi connectivity index (χ2v) is 8.41. The maximum absolute atomic E-state index is 4.78. The smallest absolute Gasteiger partial charge is 0.194 e. The molecule has 3 heterocycles. The molecule has 1 fully saturated rings. The van der Waals surface area contributed by atoms with Crippen LogP contribution < -0.4 is 10.2 Å². The van der Waals surface area contributed by atoms with Crippen molar-refractivity contribution >= 4 is 33.8 Å². The Hall–Kier alpha value is -1.67. The number of aliphatic imine (C=N–C) groups is 1. The number of nitrogens with zero attached hydrogens (tertiary/aromatic N) is 5. The molecular weight excluding hydrogens is 364 g/mol. The van der Waals surface area contributed by atoms with Crippen LogP contribution >= 0.6 is 22.7 Å². The monoisotopic (exact) mass is 392 g/mol. The molecule has 1 N–H and O–H groups in total. The van der Waals surface area contributed by atoms with Gasteiger partial charge in [-0.1, -0.05) is 0 Å². The van der Waals surface area contributed by atoms with Crippen molar-refractivity contribution in [2.45, 2.75) is 39.7 Å². The highest BCUT2D eigenvalue weighted by molar-refractivity contribution is 7.13. The van der Waals surface area contributed by atoms with E-state index < -0.39 is 0 Å². The largest absolute Gasteiger partial charge is 0.357 e. The summed E-state index contributed by atoms with van der Waals surface area (Å²) < 4.78 is 0. The fourth-order valence-corrected chi connectivity index (χ4v) is 4.53. The average molecular weight is 393 g/mol. The summed E-state index contributed by atoms with van der Waals surface area (Å²) in [7, 11) is 2.06. The van der Waals surface area contributed by atoms with Crippen molar-refractivity contribution in [1.29, 1.82) is 0 Å². The third kappa shape index (κ3) is 5.17. The van der Waals surface area contributed by atoms with Crippen molar-refractivity contribution < 1.29 is 0 Å². The number of hydrogen-bond donors (Lipinski definition) is 1. The molecule has 0 atom stereocenters. The highest BCUT2D eigenvalue weighted by atomic mass is 32.1. The van der Waals surface area contributed by atoms with Gasteiger partial charge in [0.1, 0.15) is 0 Å². The summed E-state index contributed by atoms with van der Waals surface area (Å²) in [4.78, 5) is 18.6. The van der Waals surface area contributed by atoms with Crippen LogP contribution in [-0.4, -0.2) is 54.1 Å². The lowest BCUT2D eigenvalue weighted by Crippen LogP contribution is -2.38. The van der Waals surface area contributed by atoms with E-state index >= 15 is 0 Å². The third-order valence-electron chi connectivity index (χ3n) is 4.31. The molecular formula is C18H28N6S2. The van der Waals surface area contributed by atoms with Crippen LogP contribution in [0.25, 0.3) is 0 Å². The van der Waals surface area contributed by atoms with Gasteiger partial charge in [-0.05, 0) is 26.7 Å². The molecule has 0 amide bonds. The predicted octanol–water partition coefficient (Wildman–Crippen LogP) is 3.15. The maximum atomic E-state index is 4.78. The number of aromatic nitrogens is 2. The Kier molecular flexibility index (Phi) is 6.85. The molecule has 0 spiro atoms. The second kappa shape index (κ2) is 9.32. The first-order valence-electron chi connectivity index (χ1n) is 9.25. The lowest BCUT2D eigenvalue weighted by atomic mass is 10.3. The van der Waals surface area contributed by atoms with Crippen LogP contribution in [0.15, 0.2) is 15.8 Å². The van der Waals surface area contributed by atoms with Gasteiger partial charge in [0.2, 0.25) is 0 Å². The molecule has 2 aromatic rings. The first kappa shape index (κ1) is 19.1. The zero-order valence-corrected chi connectivity index (χ0v) is 17.5. The highest BCUT2D eigenvalue weighted by Crippen LogP contribution is 2.24. The lowest BCUT2D eigenvalue weighted by Gasteiger charge is -2.21. The van der Waals surface area contributed by atoms with Gasteiger partial charge in [-0.3, -0.25) is 4.99 Å². The highest BCUT2D eigenvalue weighted by Gasteiger charge is 2.15. The number of guanidine groups is 1. The summed E-state index contributed by atoms with van der Waals surface area (Å²) in [6.07, 6.45) is 3.45. The molecule has 0 saturated carbocycles. The number of hydrogen-bond acceptors (Lipinski definition) is 6. The Bertz CT molecular complexity index is 717. The van der Waals surface area contributed by atoms with Gasteiger partial charge in [-0.25, -0.2) is 9.97 Å². The number of rotatable bonds is 7. The quantitative estimate of drug-likeness (QED) is 0.579. The summed E-state index contributed by atoms with van der Waals surface area (Å²) in [6.45, 7) is 8.80. The Morgan fingerprint density at radius 3 is 2.69 bits per heavy atom. The molecule has 0 aromatic carbocycles. The molecule has 1 aliphatic rings. The first-order chi connectivity index (χ1) is 12.7. The average Bonchev–Trinajstić information content (AvgIpc) is 3.35. The Morgan fingerprint density at radius 1 is 1.23 bits per heavy atom. The normalized spacial score (nSPS) is 14.9. The van der Waals surface area contributed by atoms with E-state index in [1.807, 2.05) is 6.92 Å². The van der Waals surface area contributed by atoms with Crippen LogP contribution in [0, 0.1) is 6.92 Å².